The summed E-state index contributed by atoms with van der Waals surface area (Å²) in [6.45, 7) is 0. The average Bonchev–Trinajstić information content (AvgIpc) is 2.02. The molecule has 0 aliphatic heterocycles. The number of H-pyrrole nitrogens is 1. The van der Waals surface area contributed by atoms with E-state index in [-0.39, 0.29) is 20.6 Å². The Morgan fingerprint density at radius 3 is 2.69 bits per heavy atom. The van der Waals surface area contributed by atoms with Crippen LogP contribution < -0.4 is 0 Å². The Bertz CT molecular complexity index is 378. The maximum Gasteiger partial charge on any atom is 0.344 e. The molecule has 0 fully saturated rings. The number of halogens is 2. The van der Waals surface area contributed by atoms with Gasteiger partial charge in [0.1, 0.15) is 15.9 Å². The summed E-state index contributed by atoms with van der Waals surface area (Å²) in [7, 11) is 1.22. The summed E-state index contributed by atoms with van der Waals surface area (Å²) in [6.07, 6.45) is 0. The molecular weight excluding hydrogens is 235 g/mol. The van der Waals surface area contributed by atoms with E-state index in [0.29, 0.717) is 0 Å². The van der Waals surface area contributed by atoms with Crippen LogP contribution in [0.4, 0.5) is 0 Å². The fraction of sp³-hybridized carbons (Fsp3) is 0.167. The van der Waals surface area contributed by atoms with Crippen molar-refractivity contribution in [2.75, 3.05) is 7.11 Å². The molecule has 4 nitrogen and oxygen atoms in total. The largest absolute Gasteiger partial charge is 0.465 e. The first kappa shape index (κ1) is 10.4. The maximum absolute atomic E-state index is 11.1. The first-order valence-corrected chi connectivity index (χ1v) is 4.26. The van der Waals surface area contributed by atoms with Crippen molar-refractivity contribution in [2.24, 2.45) is 0 Å². The van der Waals surface area contributed by atoms with E-state index >= 15 is 0 Å². The molecule has 1 N–H and O–H groups in total. The minimum absolute atomic E-state index is 0.0144. The third kappa shape index (κ3) is 2.18. The number of ether oxygens (including phenoxy) is 1. The van der Waals surface area contributed by atoms with E-state index in [9.17, 15) is 4.79 Å². The number of rotatable bonds is 1. The molecule has 1 heterocycles. The molecule has 70 valence electrons. The molecule has 0 saturated heterocycles. The van der Waals surface area contributed by atoms with Gasteiger partial charge in [-0.25, -0.2) is 9.78 Å². The smallest absolute Gasteiger partial charge is 0.344 e. The lowest BCUT2D eigenvalue weighted by Gasteiger charge is -2.02. The van der Waals surface area contributed by atoms with Crippen LogP contribution in [0, 0.1) is 4.77 Å². The summed E-state index contributed by atoms with van der Waals surface area (Å²) < 4.78 is 4.55. The second kappa shape index (κ2) is 4.04. The zero-order chi connectivity index (χ0) is 10.0. The predicted octanol–water partition coefficient (Wildman–Crippen LogP) is 2.23. The van der Waals surface area contributed by atoms with Gasteiger partial charge in [-0.05, 0) is 12.2 Å². The van der Waals surface area contributed by atoms with Crippen LogP contribution in [0.5, 0.6) is 0 Å². The summed E-state index contributed by atoms with van der Waals surface area (Å²) in [4.78, 5) is 17.2. The molecule has 0 spiro atoms. The molecule has 1 rings (SSSR count). The molecule has 13 heavy (non-hydrogen) atoms. The van der Waals surface area contributed by atoms with Crippen LogP contribution in [-0.2, 0) is 4.74 Å². The zero-order valence-electron chi connectivity index (χ0n) is 6.43. The second-order valence-electron chi connectivity index (χ2n) is 2.01. The van der Waals surface area contributed by atoms with E-state index in [0.717, 1.165) is 0 Å². The van der Waals surface area contributed by atoms with Gasteiger partial charge in [-0.2, -0.15) is 0 Å². The van der Waals surface area contributed by atoms with Crippen molar-refractivity contribution < 1.29 is 9.53 Å². The number of nitrogens with zero attached hydrogens (tertiary/aromatic N) is 1. The van der Waals surface area contributed by atoms with Crippen LogP contribution in [0.1, 0.15) is 10.4 Å². The number of hydrogen-bond acceptors (Lipinski definition) is 4. The molecule has 0 amide bonds. The highest BCUT2D eigenvalue weighted by Gasteiger charge is 2.16. The Morgan fingerprint density at radius 2 is 2.23 bits per heavy atom. The molecule has 0 bridgehead atoms. The molecule has 1 aromatic rings. The lowest BCUT2D eigenvalue weighted by Crippen LogP contribution is -2.05. The van der Waals surface area contributed by atoms with E-state index in [2.05, 4.69) is 26.9 Å². The number of carbonyl (C=O) groups is 1. The zero-order valence-corrected chi connectivity index (χ0v) is 8.76. The van der Waals surface area contributed by atoms with E-state index < -0.39 is 5.97 Å². The Kier molecular flexibility index (Phi) is 3.24. The number of hydrogen-bond donors (Lipinski definition) is 1. The predicted molar refractivity (Wildman–Crippen MR) is 50.8 cm³/mol. The molecule has 0 atom stereocenters. The fourth-order valence-electron chi connectivity index (χ4n) is 0.696. The number of aromatic amines is 1. The van der Waals surface area contributed by atoms with Gasteiger partial charge < -0.3 is 9.72 Å². The van der Waals surface area contributed by atoms with Crippen molar-refractivity contribution in [1.29, 1.82) is 0 Å². The van der Waals surface area contributed by atoms with E-state index in [1.54, 1.807) is 0 Å². The molecule has 0 aromatic carbocycles. The molecule has 0 aliphatic carbocycles. The third-order valence-corrected chi connectivity index (χ3v) is 1.98. The van der Waals surface area contributed by atoms with Crippen LogP contribution in [-0.4, -0.2) is 23.0 Å². The number of esters is 1. The van der Waals surface area contributed by atoms with Crippen LogP contribution in [0.3, 0.4) is 0 Å². The maximum atomic E-state index is 11.1. The van der Waals surface area contributed by atoms with Gasteiger partial charge in [-0.15, -0.1) is 0 Å². The van der Waals surface area contributed by atoms with E-state index in [4.69, 9.17) is 23.2 Å². The lowest BCUT2D eigenvalue weighted by atomic mass is 10.3. The highest BCUT2D eigenvalue weighted by molar-refractivity contribution is 7.71. The monoisotopic (exact) mass is 238 g/mol. The van der Waals surface area contributed by atoms with Crippen LogP contribution >= 0.6 is 35.4 Å². The van der Waals surface area contributed by atoms with Gasteiger partial charge in [0.25, 0.3) is 0 Å². The first-order valence-electron chi connectivity index (χ1n) is 3.10. The summed E-state index contributed by atoms with van der Waals surface area (Å²) in [5.74, 6) is -0.659. The van der Waals surface area contributed by atoms with E-state index in [1.807, 2.05) is 0 Å². The molecule has 7 heteroatoms. The molecular formula is C6H4Cl2N2O2S. The topological polar surface area (TPSA) is 55.0 Å². The summed E-state index contributed by atoms with van der Waals surface area (Å²) in [5, 5.41) is -0.0440. The minimum atomic E-state index is -0.659. The van der Waals surface area contributed by atoms with Gasteiger partial charge >= 0.3 is 5.97 Å². The van der Waals surface area contributed by atoms with Gasteiger partial charge in [0.15, 0.2) is 4.77 Å². The minimum Gasteiger partial charge on any atom is -0.465 e. The standard InChI is InChI=1S/C6H4Cl2N2O2S/c1-12-5(11)2-3(7)9-6(13)10-4(2)8/h1H3,(H,9,10,13). The number of carbonyl (C=O) groups excluding carboxylic acids is 1. The average molecular weight is 239 g/mol. The Balaban J connectivity index is 3.37. The summed E-state index contributed by atoms with van der Waals surface area (Å²) in [6, 6.07) is 0. The quantitative estimate of drug-likeness (QED) is 0.463. The fourth-order valence-corrected chi connectivity index (χ4v) is 1.56. The normalized spacial score (nSPS) is 9.77. The SMILES string of the molecule is COC(=O)c1c(Cl)nc(=S)[nH]c1Cl. The number of nitrogens with one attached hydrogen (secondary N) is 1. The second-order valence-corrected chi connectivity index (χ2v) is 3.14. The lowest BCUT2D eigenvalue weighted by molar-refractivity contribution is 0.0600. The molecule has 0 saturated carbocycles. The van der Waals surface area contributed by atoms with Crippen LogP contribution in [0.25, 0.3) is 0 Å². The summed E-state index contributed by atoms with van der Waals surface area (Å²) >= 11 is 16.0. The van der Waals surface area contributed by atoms with Crippen molar-refractivity contribution in [1.82, 2.24) is 9.97 Å². The third-order valence-electron chi connectivity index (χ3n) is 1.23. The van der Waals surface area contributed by atoms with E-state index in [1.165, 1.54) is 7.11 Å². The molecule has 1 aromatic heterocycles. The molecule has 0 unspecified atom stereocenters. The van der Waals surface area contributed by atoms with Crippen molar-refractivity contribution in [3.63, 3.8) is 0 Å². The highest BCUT2D eigenvalue weighted by atomic mass is 35.5. The molecule has 0 aliphatic rings. The highest BCUT2D eigenvalue weighted by Crippen LogP contribution is 2.20. The van der Waals surface area contributed by atoms with Gasteiger partial charge in [0.2, 0.25) is 0 Å². The van der Waals surface area contributed by atoms with Crippen LogP contribution in [0.2, 0.25) is 10.3 Å². The number of aromatic nitrogens is 2. The summed E-state index contributed by atoms with van der Waals surface area (Å²) in [5.41, 5.74) is -0.0144. The van der Waals surface area contributed by atoms with Gasteiger partial charge in [0, 0.05) is 0 Å². The Morgan fingerprint density at radius 1 is 1.62 bits per heavy atom. The number of methoxy groups -OCH3 is 1. The Labute approximate surface area is 88.8 Å². The Hall–Kier alpha value is -0.650. The van der Waals surface area contributed by atoms with Gasteiger partial charge in [-0.3, -0.25) is 0 Å². The van der Waals surface area contributed by atoms with Crippen molar-refractivity contribution >= 4 is 41.4 Å². The van der Waals surface area contributed by atoms with Crippen molar-refractivity contribution in [3.8, 4) is 0 Å². The van der Waals surface area contributed by atoms with Crippen LogP contribution in [0.15, 0.2) is 0 Å². The van der Waals surface area contributed by atoms with Crippen molar-refractivity contribution in [3.05, 3.63) is 20.6 Å². The molecule has 0 radical (unpaired) electrons. The van der Waals surface area contributed by atoms with Gasteiger partial charge in [0.05, 0.1) is 7.11 Å². The van der Waals surface area contributed by atoms with Crippen molar-refractivity contribution in [2.45, 2.75) is 0 Å². The first-order chi connectivity index (χ1) is 6.06. The van der Waals surface area contributed by atoms with Gasteiger partial charge in [-0.1, -0.05) is 23.2 Å².